The van der Waals surface area contributed by atoms with Gasteiger partial charge in [-0.05, 0) is 52.8 Å². The van der Waals surface area contributed by atoms with Crippen molar-refractivity contribution in [1.82, 2.24) is 15.3 Å². The molecule has 0 radical (unpaired) electrons. The van der Waals surface area contributed by atoms with Crippen molar-refractivity contribution < 1.29 is 4.42 Å². The number of nitrogens with one attached hydrogen (secondary N) is 1. The molecular formula is C19H23N3OS. The molecule has 0 bridgehead atoms. The van der Waals surface area contributed by atoms with Gasteiger partial charge in [0, 0.05) is 40.5 Å². The van der Waals surface area contributed by atoms with Crippen LogP contribution in [0.4, 0.5) is 0 Å². The molecule has 3 heterocycles. The number of nitrogens with zero attached hydrogens (tertiary/aromatic N) is 2. The summed E-state index contributed by atoms with van der Waals surface area (Å²) in [6.45, 7) is 10.4. The number of thiazole rings is 1. The van der Waals surface area contributed by atoms with Gasteiger partial charge < -0.3 is 9.73 Å². The fourth-order valence-electron chi connectivity index (χ4n) is 3.04. The molecule has 0 aliphatic rings. The maximum absolute atomic E-state index is 5.65. The Kier molecular flexibility index (Phi) is 4.83. The van der Waals surface area contributed by atoms with E-state index in [0.717, 1.165) is 27.8 Å². The van der Waals surface area contributed by atoms with Gasteiger partial charge in [0.05, 0.1) is 5.69 Å². The van der Waals surface area contributed by atoms with Crippen molar-refractivity contribution in [2.24, 2.45) is 0 Å². The van der Waals surface area contributed by atoms with Gasteiger partial charge in [-0.15, -0.1) is 11.3 Å². The molecule has 0 fully saturated rings. The first-order valence-electron chi connectivity index (χ1n) is 8.16. The minimum Gasteiger partial charge on any atom is -0.466 e. The van der Waals surface area contributed by atoms with E-state index in [1.807, 2.05) is 32.2 Å². The van der Waals surface area contributed by atoms with E-state index >= 15 is 0 Å². The molecule has 0 aliphatic heterocycles. The van der Waals surface area contributed by atoms with Gasteiger partial charge in [-0.2, -0.15) is 0 Å². The molecule has 0 spiro atoms. The van der Waals surface area contributed by atoms with Crippen molar-refractivity contribution in [3.8, 4) is 10.6 Å². The molecule has 5 heteroatoms. The van der Waals surface area contributed by atoms with Crippen molar-refractivity contribution in [3.63, 3.8) is 0 Å². The Balaban J connectivity index is 1.79. The van der Waals surface area contributed by atoms with Gasteiger partial charge in [0.15, 0.2) is 0 Å². The highest BCUT2D eigenvalue weighted by molar-refractivity contribution is 7.15. The molecule has 0 aromatic carbocycles. The first kappa shape index (κ1) is 16.9. The zero-order valence-corrected chi connectivity index (χ0v) is 15.6. The standard InChI is InChI=1S/C19H23N3OS/c1-11-9-17(15(5)23-11)12(2)21-13(3)18-14(4)22-19(24-18)16-7-6-8-20-10-16/h6-10,12-13,21H,1-5H3/t12-,13-/m1/s1. The van der Waals surface area contributed by atoms with Crippen LogP contribution in [0.2, 0.25) is 0 Å². The lowest BCUT2D eigenvalue weighted by Crippen LogP contribution is -2.22. The Labute approximate surface area is 147 Å². The summed E-state index contributed by atoms with van der Waals surface area (Å²) in [6.07, 6.45) is 3.65. The molecule has 3 aromatic heterocycles. The lowest BCUT2D eigenvalue weighted by atomic mass is 10.1. The number of pyridine rings is 1. The summed E-state index contributed by atoms with van der Waals surface area (Å²) in [6, 6.07) is 6.55. The number of hydrogen-bond acceptors (Lipinski definition) is 5. The van der Waals surface area contributed by atoms with E-state index in [4.69, 9.17) is 9.40 Å². The molecule has 2 atom stereocenters. The van der Waals surface area contributed by atoms with Gasteiger partial charge in [0.2, 0.25) is 0 Å². The van der Waals surface area contributed by atoms with Crippen LogP contribution in [-0.4, -0.2) is 9.97 Å². The van der Waals surface area contributed by atoms with E-state index in [1.54, 1.807) is 17.5 Å². The Morgan fingerprint density at radius 3 is 2.58 bits per heavy atom. The monoisotopic (exact) mass is 341 g/mol. The van der Waals surface area contributed by atoms with Gasteiger partial charge in [-0.25, -0.2) is 4.98 Å². The van der Waals surface area contributed by atoms with Crippen LogP contribution in [0.15, 0.2) is 35.0 Å². The molecule has 24 heavy (non-hydrogen) atoms. The molecule has 1 N–H and O–H groups in total. The summed E-state index contributed by atoms with van der Waals surface area (Å²) in [5.41, 5.74) is 3.36. The molecular weight excluding hydrogens is 318 g/mol. The summed E-state index contributed by atoms with van der Waals surface area (Å²) in [4.78, 5) is 10.2. The summed E-state index contributed by atoms with van der Waals surface area (Å²) in [7, 11) is 0. The predicted octanol–water partition coefficient (Wildman–Crippen LogP) is 5.14. The van der Waals surface area contributed by atoms with Gasteiger partial charge in [-0.1, -0.05) is 0 Å². The third-order valence-corrected chi connectivity index (χ3v) is 5.57. The highest BCUT2D eigenvalue weighted by Gasteiger charge is 2.19. The molecule has 3 rings (SSSR count). The second kappa shape index (κ2) is 6.87. The molecule has 0 saturated heterocycles. The van der Waals surface area contributed by atoms with Crippen LogP contribution < -0.4 is 5.32 Å². The molecule has 3 aromatic rings. The van der Waals surface area contributed by atoms with Crippen molar-refractivity contribution in [2.75, 3.05) is 0 Å². The average molecular weight is 341 g/mol. The SMILES string of the molecule is Cc1cc([C@@H](C)N[C@H](C)c2sc(-c3cccnc3)nc2C)c(C)o1. The minimum atomic E-state index is 0.220. The Hall–Kier alpha value is -1.98. The topological polar surface area (TPSA) is 51.0 Å². The average Bonchev–Trinajstić information content (AvgIpc) is 3.10. The molecule has 0 unspecified atom stereocenters. The number of aromatic nitrogens is 2. The molecule has 0 aliphatic carbocycles. The van der Waals surface area contributed by atoms with Crippen LogP contribution in [0.25, 0.3) is 10.6 Å². The molecule has 0 saturated carbocycles. The third kappa shape index (κ3) is 3.42. The zero-order chi connectivity index (χ0) is 17.3. The van der Waals surface area contributed by atoms with Crippen molar-refractivity contribution >= 4 is 11.3 Å². The van der Waals surface area contributed by atoms with Crippen LogP contribution in [-0.2, 0) is 0 Å². The zero-order valence-electron chi connectivity index (χ0n) is 14.8. The molecule has 0 amide bonds. The van der Waals surface area contributed by atoms with Crippen LogP contribution in [0.1, 0.15) is 53.6 Å². The Morgan fingerprint density at radius 1 is 1.17 bits per heavy atom. The second-order valence-corrected chi connectivity index (χ2v) is 7.22. The van der Waals surface area contributed by atoms with E-state index in [1.165, 1.54) is 10.4 Å². The van der Waals surface area contributed by atoms with Crippen LogP contribution in [0.3, 0.4) is 0 Å². The van der Waals surface area contributed by atoms with E-state index in [-0.39, 0.29) is 12.1 Å². The third-order valence-electron chi connectivity index (χ3n) is 4.18. The number of aryl methyl sites for hydroxylation is 3. The maximum atomic E-state index is 5.65. The van der Waals surface area contributed by atoms with Crippen molar-refractivity contribution in [1.29, 1.82) is 0 Å². The fourth-order valence-corrected chi connectivity index (χ4v) is 4.11. The highest BCUT2D eigenvalue weighted by Crippen LogP contribution is 2.33. The van der Waals surface area contributed by atoms with E-state index in [9.17, 15) is 0 Å². The van der Waals surface area contributed by atoms with E-state index in [0.29, 0.717) is 0 Å². The minimum absolute atomic E-state index is 0.220. The number of rotatable bonds is 5. The summed E-state index contributed by atoms with van der Waals surface area (Å²) in [5.74, 6) is 1.94. The first-order valence-corrected chi connectivity index (χ1v) is 8.98. The van der Waals surface area contributed by atoms with Crippen LogP contribution >= 0.6 is 11.3 Å². The van der Waals surface area contributed by atoms with Crippen molar-refractivity contribution in [3.05, 3.63) is 58.2 Å². The smallest absolute Gasteiger partial charge is 0.125 e. The second-order valence-electron chi connectivity index (χ2n) is 6.19. The lowest BCUT2D eigenvalue weighted by molar-refractivity contribution is 0.470. The summed E-state index contributed by atoms with van der Waals surface area (Å²) in [5, 5.41) is 4.69. The molecule has 4 nitrogen and oxygen atoms in total. The largest absolute Gasteiger partial charge is 0.466 e. The van der Waals surface area contributed by atoms with Gasteiger partial charge in [0.1, 0.15) is 16.5 Å². The van der Waals surface area contributed by atoms with Gasteiger partial charge in [0.25, 0.3) is 0 Å². The maximum Gasteiger partial charge on any atom is 0.125 e. The van der Waals surface area contributed by atoms with Crippen LogP contribution in [0, 0.1) is 20.8 Å². The lowest BCUT2D eigenvalue weighted by Gasteiger charge is -2.19. The number of furan rings is 1. The number of hydrogen-bond donors (Lipinski definition) is 1. The van der Waals surface area contributed by atoms with Gasteiger partial charge >= 0.3 is 0 Å². The summed E-state index contributed by atoms with van der Waals surface area (Å²) < 4.78 is 5.65. The van der Waals surface area contributed by atoms with Crippen LogP contribution in [0.5, 0.6) is 0 Å². The predicted molar refractivity (Wildman–Crippen MR) is 98.2 cm³/mol. The first-order chi connectivity index (χ1) is 11.5. The normalized spacial score (nSPS) is 13.9. The molecule has 126 valence electrons. The van der Waals surface area contributed by atoms with Gasteiger partial charge in [-0.3, -0.25) is 4.98 Å². The Morgan fingerprint density at radius 2 is 1.96 bits per heavy atom. The fraction of sp³-hybridized carbons (Fsp3) is 0.368. The van der Waals surface area contributed by atoms with E-state index < -0.39 is 0 Å². The van der Waals surface area contributed by atoms with Crippen molar-refractivity contribution in [2.45, 2.75) is 46.7 Å². The summed E-state index contributed by atoms with van der Waals surface area (Å²) >= 11 is 1.73. The quantitative estimate of drug-likeness (QED) is 0.698. The Bertz CT molecular complexity index is 823. The van der Waals surface area contributed by atoms with E-state index in [2.05, 4.69) is 37.1 Å². The highest BCUT2D eigenvalue weighted by atomic mass is 32.1.